The van der Waals surface area contributed by atoms with Crippen LogP contribution in [0.1, 0.15) is 48.0 Å². The molecule has 2 rings (SSSR count). The molecule has 0 saturated heterocycles. The van der Waals surface area contributed by atoms with Crippen molar-refractivity contribution in [3.8, 4) is 0 Å². The Morgan fingerprint density at radius 1 is 1.17 bits per heavy atom. The maximum absolute atomic E-state index is 11.4. The van der Waals surface area contributed by atoms with Crippen LogP contribution in [-0.2, 0) is 6.54 Å². The number of amides is 1. The highest BCUT2D eigenvalue weighted by Gasteiger charge is 2.12. The Hall–Kier alpha value is -1.35. The second kappa shape index (κ2) is 6.55. The molecule has 0 aromatic heterocycles. The average molecular weight is 246 g/mol. The van der Waals surface area contributed by atoms with Crippen LogP contribution in [0.4, 0.5) is 0 Å². The standard InChI is InChI=1S/C15H22N2O/c1-16-15(18)13-9-7-12(8-10-13)11-17-14-5-3-2-4-6-14/h7-10,14,17H,2-6,11H2,1H3,(H,16,18). The van der Waals surface area contributed by atoms with Crippen LogP contribution in [0.3, 0.4) is 0 Å². The van der Waals surface area contributed by atoms with Gasteiger partial charge in [0.2, 0.25) is 0 Å². The first-order valence-corrected chi connectivity index (χ1v) is 6.84. The largest absolute Gasteiger partial charge is 0.355 e. The van der Waals surface area contributed by atoms with Crippen molar-refractivity contribution in [1.82, 2.24) is 10.6 Å². The highest BCUT2D eigenvalue weighted by atomic mass is 16.1. The van der Waals surface area contributed by atoms with Crippen molar-refractivity contribution in [1.29, 1.82) is 0 Å². The van der Waals surface area contributed by atoms with Gasteiger partial charge in [-0.15, -0.1) is 0 Å². The van der Waals surface area contributed by atoms with Gasteiger partial charge >= 0.3 is 0 Å². The molecule has 0 aliphatic heterocycles. The van der Waals surface area contributed by atoms with Gasteiger partial charge in [-0.25, -0.2) is 0 Å². The van der Waals surface area contributed by atoms with E-state index in [1.807, 2.05) is 24.3 Å². The van der Waals surface area contributed by atoms with Crippen LogP contribution in [0.15, 0.2) is 24.3 Å². The van der Waals surface area contributed by atoms with E-state index in [1.165, 1.54) is 37.7 Å². The summed E-state index contributed by atoms with van der Waals surface area (Å²) in [7, 11) is 1.65. The third kappa shape index (κ3) is 3.57. The Kier molecular flexibility index (Phi) is 4.76. The van der Waals surface area contributed by atoms with Crippen LogP contribution in [-0.4, -0.2) is 19.0 Å². The third-order valence-electron chi connectivity index (χ3n) is 3.64. The number of hydrogen-bond acceptors (Lipinski definition) is 2. The number of hydrogen-bond donors (Lipinski definition) is 2. The van der Waals surface area contributed by atoms with E-state index in [4.69, 9.17) is 0 Å². The lowest BCUT2D eigenvalue weighted by molar-refractivity contribution is 0.0963. The first kappa shape index (κ1) is 13.1. The van der Waals surface area contributed by atoms with Crippen LogP contribution >= 0.6 is 0 Å². The summed E-state index contributed by atoms with van der Waals surface area (Å²) in [6, 6.07) is 8.51. The first-order chi connectivity index (χ1) is 8.79. The molecule has 1 aliphatic carbocycles. The normalized spacial score (nSPS) is 16.5. The van der Waals surface area contributed by atoms with Crippen molar-refractivity contribution in [3.05, 3.63) is 35.4 Å². The molecule has 2 N–H and O–H groups in total. The molecular weight excluding hydrogens is 224 g/mol. The molecule has 0 heterocycles. The Labute approximate surface area is 109 Å². The van der Waals surface area contributed by atoms with E-state index >= 15 is 0 Å². The van der Waals surface area contributed by atoms with Gasteiger partial charge in [0.05, 0.1) is 0 Å². The Bertz CT molecular complexity index is 380. The van der Waals surface area contributed by atoms with Crippen molar-refractivity contribution < 1.29 is 4.79 Å². The summed E-state index contributed by atoms with van der Waals surface area (Å²) in [6.07, 6.45) is 6.70. The molecule has 1 aromatic rings. The summed E-state index contributed by atoms with van der Waals surface area (Å²) in [4.78, 5) is 11.4. The Morgan fingerprint density at radius 3 is 2.44 bits per heavy atom. The minimum absolute atomic E-state index is 0.0261. The van der Waals surface area contributed by atoms with Crippen molar-refractivity contribution >= 4 is 5.91 Å². The number of carbonyl (C=O) groups excluding carboxylic acids is 1. The van der Waals surface area contributed by atoms with E-state index in [0.29, 0.717) is 6.04 Å². The Morgan fingerprint density at radius 2 is 1.83 bits per heavy atom. The monoisotopic (exact) mass is 246 g/mol. The molecule has 0 atom stereocenters. The molecule has 0 spiro atoms. The molecule has 98 valence electrons. The summed E-state index contributed by atoms with van der Waals surface area (Å²) in [5, 5.41) is 6.23. The summed E-state index contributed by atoms with van der Waals surface area (Å²) in [5.74, 6) is -0.0261. The predicted molar refractivity (Wildman–Crippen MR) is 73.5 cm³/mol. The lowest BCUT2D eigenvalue weighted by Crippen LogP contribution is -2.30. The number of rotatable bonds is 4. The van der Waals surface area contributed by atoms with E-state index in [-0.39, 0.29) is 5.91 Å². The molecule has 0 bridgehead atoms. The second-order valence-electron chi connectivity index (χ2n) is 4.99. The fourth-order valence-corrected chi connectivity index (χ4v) is 2.49. The van der Waals surface area contributed by atoms with Crippen LogP contribution in [0, 0.1) is 0 Å². The average Bonchev–Trinajstić information content (AvgIpc) is 2.46. The van der Waals surface area contributed by atoms with Crippen LogP contribution < -0.4 is 10.6 Å². The summed E-state index contributed by atoms with van der Waals surface area (Å²) in [6.45, 7) is 0.901. The van der Waals surface area contributed by atoms with E-state index in [9.17, 15) is 4.79 Å². The molecular formula is C15H22N2O. The smallest absolute Gasteiger partial charge is 0.251 e. The van der Waals surface area contributed by atoms with Gasteiger partial charge in [-0.2, -0.15) is 0 Å². The minimum atomic E-state index is -0.0261. The Balaban J connectivity index is 1.84. The van der Waals surface area contributed by atoms with Crippen molar-refractivity contribution in [2.45, 2.75) is 44.7 Å². The molecule has 3 heteroatoms. The fourth-order valence-electron chi connectivity index (χ4n) is 2.49. The quantitative estimate of drug-likeness (QED) is 0.857. The molecule has 1 saturated carbocycles. The van der Waals surface area contributed by atoms with Crippen molar-refractivity contribution in [3.63, 3.8) is 0 Å². The second-order valence-corrected chi connectivity index (χ2v) is 4.99. The van der Waals surface area contributed by atoms with Gasteiger partial charge in [-0.05, 0) is 30.5 Å². The van der Waals surface area contributed by atoms with E-state index in [0.717, 1.165) is 12.1 Å². The lowest BCUT2D eigenvalue weighted by atomic mass is 9.95. The highest BCUT2D eigenvalue weighted by molar-refractivity contribution is 5.93. The number of nitrogens with one attached hydrogen (secondary N) is 2. The van der Waals surface area contributed by atoms with Crippen LogP contribution in [0.2, 0.25) is 0 Å². The molecule has 0 radical (unpaired) electrons. The summed E-state index contributed by atoms with van der Waals surface area (Å²) in [5.41, 5.74) is 1.96. The molecule has 1 fully saturated rings. The molecule has 1 aliphatic rings. The van der Waals surface area contributed by atoms with Gasteiger partial charge in [0.15, 0.2) is 0 Å². The molecule has 0 unspecified atom stereocenters. The zero-order valence-electron chi connectivity index (χ0n) is 11.0. The van der Waals surface area contributed by atoms with E-state index < -0.39 is 0 Å². The summed E-state index contributed by atoms with van der Waals surface area (Å²) >= 11 is 0. The van der Waals surface area contributed by atoms with Crippen molar-refractivity contribution in [2.75, 3.05) is 7.05 Å². The van der Waals surface area contributed by atoms with Crippen LogP contribution in [0.25, 0.3) is 0 Å². The van der Waals surface area contributed by atoms with Gasteiger partial charge in [-0.3, -0.25) is 4.79 Å². The minimum Gasteiger partial charge on any atom is -0.355 e. The molecule has 3 nitrogen and oxygen atoms in total. The van der Waals surface area contributed by atoms with E-state index in [2.05, 4.69) is 10.6 Å². The number of carbonyl (C=O) groups is 1. The van der Waals surface area contributed by atoms with Crippen LogP contribution in [0.5, 0.6) is 0 Å². The zero-order chi connectivity index (χ0) is 12.8. The zero-order valence-corrected chi connectivity index (χ0v) is 11.0. The molecule has 18 heavy (non-hydrogen) atoms. The van der Waals surface area contributed by atoms with Gasteiger partial charge in [-0.1, -0.05) is 31.4 Å². The highest BCUT2D eigenvalue weighted by Crippen LogP contribution is 2.17. The fraction of sp³-hybridized carbons (Fsp3) is 0.533. The third-order valence-corrected chi connectivity index (χ3v) is 3.64. The van der Waals surface area contributed by atoms with Gasteiger partial charge < -0.3 is 10.6 Å². The lowest BCUT2D eigenvalue weighted by Gasteiger charge is -2.22. The number of benzene rings is 1. The first-order valence-electron chi connectivity index (χ1n) is 6.84. The van der Waals surface area contributed by atoms with Crippen molar-refractivity contribution in [2.24, 2.45) is 0 Å². The summed E-state index contributed by atoms with van der Waals surface area (Å²) < 4.78 is 0. The van der Waals surface area contributed by atoms with Gasteiger partial charge in [0.25, 0.3) is 5.91 Å². The van der Waals surface area contributed by atoms with Gasteiger partial charge in [0.1, 0.15) is 0 Å². The maximum Gasteiger partial charge on any atom is 0.251 e. The SMILES string of the molecule is CNC(=O)c1ccc(CNC2CCCCC2)cc1. The van der Waals surface area contributed by atoms with Gasteiger partial charge in [0, 0.05) is 25.2 Å². The maximum atomic E-state index is 11.4. The molecule has 1 amide bonds. The molecule has 1 aromatic carbocycles. The topological polar surface area (TPSA) is 41.1 Å². The predicted octanol–water partition coefficient (Wildman–Crippen LogP) is 2.47. The van der Waals surface area contributed by atoms with E-state index in [1.54, 1.807) is 7.05 Å².